The normalized spacial score (nSPS) is 17.6. The van der Waals surface area contributed by atoms with Crippen molar-refractivity contribution in [2.75, 3.05) is 13.2 Å². The van der Waals surface area contributed by atoms with E-state index in [0.717, 1.165) is 32.1 Å². The molecule has 0 saturated heterocycles. The van der Waals surface area contributed by atoms with Crippen molar-refractivity contribution in [2.24, 2.45) is 0 Å². The third kappa shape index (κ3) is 3.58. The van der Waals surface area contributed by atoms with Crippen LogP contribution in [0.15, 0.2) is 27.8 Å². The van der Waals surface area contributed by atoms with Gasteiger partial charge in [-0.1, -0.05) is 19.3 Å². The molecule has 1 aliphatic rings. The van der Waals surface area contributed by atoms with Crippen LogP contribution in [0.1, 0.15) is 32.1 Å². The number of hydrogen-bond donors (Lipinski definition) is 1. The fraction of sp³-hybridized carbons (Fsp3) is 0.615. The number of halogens is 1. The lowest BCUT2D eigenvalue weighted by Crippen LogP contribution is -2.43. The molecular formula is C13H19BrN2O3S. The van der Waals surface area contributed by atoms with Crippen LogP contribution >= 0.6 is 15.9 Å². The molecule has 5 nitrogen and oxygen atoms in total. The summed E-state index contributed by atoms with van der Waals surface area (Å²) in [4.78, 5) is 4.10. The van der Waals surface area contributed by atoms with Gasteiger partial charge in [0.2, 0.25) is 10.0 Å². The van der Waals surface area contributed by atoms with Gasteiger partial charge in [0, 0.05) is 29.5 Å². The molecule has 1 aromatic heterocycles. The Bertz CT molecular complexity index is 544. The van der Waals surface area contributed by atoms with Crippen LogP contribution in [0.25, 0.3) is 0 Å². The molecule has 0 aromatic carbocycles. The topological polar surface area (TPSA) is 70.5 Å². The zero-order valence-electron chi connectivity index (χ0n) is 11.2. The molecule has 1 saturated carbocycles. The van der Waals surface area contributed by atoms with E-state index in [1.54, 1.807) is 12.3 Å². The molecule has 1 aromatic rings. The number of aliphatic hydroxyl groups is 1. The van der Waals surface area contributed by atoms with Crippen molar-refractivity contribution in [3.05, 3.63) is 22.9 Å². The third-order valence-electron chi connectivity index (χ3n) is 3.59. The van der Waals surface area contributed by atoms with E-state index in [4.69, 9.17) is 0 Å². The van der Waals surface area contributed by atoms with E-state index < -0.39 is 10.0 Å². The summed E-state index contributed by atoms with van der Waals surface area (Å²) >= 11 is 3.24. The van der Waals surface area contributed by atoms with E-state index in [9.17, 15) is 13.5 Å². The minimum atomic E-state index is -3.60. The van der Waals surface area contributed by atoms with Gasteiger partial charge in [-0.2, -0.15) is 4.31 Å². The van der Waals surface area contributed by atoms with Gasteiger partial charge < -0.3 is 5.11 Å². The minimum Gasteiger partial charge on any atom is -0.395 e. The highest BCUT2D eigenvalue weighted by Gasteiger charge is 2.32. The van der Waals surface area contributed by atoms with Crippen molar-refractivity contribution in [1.29, 1.82) is 0 Å². The molecule has 0 bridgehead atoms. The molecule has 7 heteroatoms. The number of sulfonamides is 1. The molecule has 112 valence electrons. The predicted molar refractivity (Wildman–Crippen MR) is 79.8 cm³/mol. The SMILES string of the molecule is O=S(=O)(c1cncc(Br)c1)N(CCO)C1CCCCC1. The maximum Gasteiger partial charge on any atom is 0.244 e. The second-order valence-corrected chi connectivity index (χ2v) is 7.78. The monoisotopic (exact) mass is 362 g/mol. The first-order chi connectivity index (χ1) is 9.55. The summed E-state index contributed by atoms with van der Waals surface area (Å²) in [5, 5.41) is 9.20. The lowest BCUT2D eigenvalue weighted by molar-refractivity contribution is 0.199. The van der Waals surface area contributed by atoms with Crippen molar-refractivity contribution >= 4 is 26.0 Å². The molecule has 0 atom stereocenters. The van der Waals surface area contributed by atoms with E-state index in [0.29, 0.717) is 4.47 Å². The standard InChI is InChI=1S/C13H19BrN2O3S/c14-11-8-13(10-15-9-11)20(18,19)16(6-7-17)12-4-2-1-3-5-12/h8-10,12,17H,1-7H2. The highest BCUT2D eigenvalue weighted by molar-refractivity contribution is 9.10. The van der Waals surface area contributed by atoms with Crippen molar-refractivity contribution in [3.63, 3.8) is 0 Å². The second kappa shape index (κ2) is 6.98. The molecule has 0 radical (unpaired) electrons. The highest BCUT2D eigenvalue weighted by Crippen LogP contribution is 2.28. The van der Waals surface area contributed by atoms with E-state index >= 15 is 0 Å². The van der Waals surface area contributed by atoms with Gasteiger partial charge in [0.25, 0.3) is 0 Å². The lowest BCUT2D eigenvalue weighted by atomic mass is 9.95. The molecule has 0 aliphatic heterocycles. The zero-order chi connectivity index (χ0) is 14.6. The zero-order valence-corrected chi connectivity index (χ0v) is 13.6. The summed E-state index contributed by atoms with van der Waals surface area (Å²) in [5.41, 5.74) is 0. The van der Waals surface area contributed by atoms with Crippen LogP contribution in [0.5, 0.6) is 0 Å². The molecule has 20 heavy (non-hydrogen) atoms. The van der Waals surface area contributed by atoms with Crippen LogP contribution in [0.3, 0.4) is 0 Å². The minimum absolute atomic E-state index is 0.0140. The lowest BCUT2D eigenvalue weighted by Gasteiger charge is -2.32. The number of hydrogen-bond acceptors (Lipinski definition) is 4. The highest BCUT2D eigenvalue weighted by atomic mass is 79.9. The Morgan fingerprint density at radius 3 is 2.60 bits per heavy atom. The van der Waals surface area contributed by atoms with Crippen molar-refractivity contribution < 1.29 is 13.5 Å². The van der Waals surface area contributed by atoms with Crippen molar-refractivity contribution in [3.8, 4) is 0 Å². The first-order valence-electron chi connectivity index (χ1n) is 6.79. The van der Waals surface area contributed by atoms with Gasteiger partial charge in [-0.3, -0.25) is 4.98 Å². The van der Waals surface area contributed by atoms with Crippen LogP contribution in [0, 0.1) is 0 Å². The number of aromatic nitrogens is 1. The van der Waals surface area contributed by atoms with Gasteiger partial charge in [-0.05, 0) is 34.8 Å². The summed E-state index contributed by atoms with van der Waals surface area (Å²) in [7, 11) is -3.60. The van der Waals surface area contributed by atoms with Crippen LogP contribution in [0.4, 0.5) is 0 Å². The summed E-state index contributed by atoms with van der Waals surface area (Å²) in [6, 6.07) is 1.54. The van der Waals surface area contributed by atoms with E-state index in [1.165, 1.54) is 10.5 Å². The predicted octanol–water partition coefficient (Wildman–Crippen LogP) is 2.16. The molecule has 0 spiro atoms. The fourth-order valence-corrected chi connectivity index (χ4v) is 4.82. The molecular weight excluding hydrogens is 344 g/mol. The van der Waals surface area contributed by atoms with Crippen LogP contribution in [-0.2, 0) is 10.0 Å². The summed E-state index contributed by atoms with van der Waals surface area (Å²) in [5.74, 6) is 0. The summed E-state index contributed by atoms with van der Waals surface area (Å²) < 4.78 is 27.5. The van der Waals surface area contributed by atoms with Crippen molar-refractivity contribution in [2.45, 2.75) is 43.0 Å². The smallest absolute Gasteiger partial charge is 0.244 e. The Labute approximate surface area is 128 Å². The number of pyridine rings is 1. The van der Waals surface area contributed by atoms with Crippen LogP contribution in [0.2, 0.25) is 0 Å². The van der Waals surface area contributed by atoms with E-state index in [1.807, 2.05) is 0 Å². The quantitative estimate of drug-likeness (QED) is 0.870. The first-order valence-corrected chi connectivity index (χ1v) is 9.02. The van der Waals surface area contributed by atoms with Gasteiger partial charge in [-0.15, -0.1) is 0 Å². The van der Waals surface area contributed by atoms with Gasteiger partial charge in [0.1, 0.15) is 4.90 Å². The molecule has 1 heterocycles. The Morgan fingerprint density at radius 2 is 2.00 bits per heavy atom. The van der Waals surface area contributed by atoms with Gasteiger partial charge in [-0.25, -0.2) is 8.42 Å². The first kappa shape index (κ1) is 15.9. The molecule has 0 amide bonds. The average molecular weight is 363 g/mol. The Morgan fingerprint density at radius 1 is 1.30 bits per heavy atom. The number of aliphatic hydroxyl groups excluding tert-OH is 1. The maximum atomic E-state index is 12.7. The maximum absolute atomic E-state index is 12.7. The Hall–Kier alpha value is -0.500. The number of rotatable bonds is 5. The summed E-state index contributed by atoms with van der Waals surface area (Å²) in [6.07, 6.45) is 7.87. The van der Waals surface area contributed by atoms with Crippen LogP contribution < -0.4 is 0 Å². The molecule has 0 unspecified atom stereocenters. The van der Waals surface area contributed by atoms with E-state index in [2.05, 4.69) is 20.9 Å². The van der Waals surface area contributed by atoms with Gasteiger partial charge in [0.15, 0.2) is 0 Å². The second-order valence-electron chi connectivity index (χ2n) is 4.97. The van der Waals surface area contributed by atoms with Crippen LogP contribution in [-0.4, -0.2) is 42.0 Å². The molecule has 1 aliphatic carbocycles. The molecule has 2 rings (SSSR count). The largest absolute Gasteiger partial charge is 0.395 e. The van der Waals surface area contributed by atoms with Gasteiger partial charge in [0.05, 0.1) is 6.61 Å². The van der Waals surface area contributed by atoms with E-state index in [-0.39, 0.29) is 24.1 Å². The average Bonchev–Trinajstić information content (AvgIpc) is 2.45. The fourth-order valence-electron chi connectivity index (χ4n) is 2.64. The summed E-state index contributed by atoms with van der Waals surface area (Å²) in [6.45, 7) is -0.0311. The third-order valence-corrected chi connectivity index (χ3v) is 5.94. The van der Waals surface area contributed by atoms with Crippen molar-refractivity contribution in [1.82, 2.24) is 9.29 Å². The Kier molecular flexibility index (Phi) is 5.54. The number of nitrogens with zero attached hydrogens (tertiary/aromatic N) is 2. The molecule has 1 fully saturated rings. The van der Waals surface area contributed by atoms with Gasteiger partial charge >= 0.3 is 0 Å². The Balaban J connectivity index is 2.31. The molecule has 1 N–H and O–H groups in total.